The fourth-order valence-corrected chi connectivity index (χ4v) is 2.14. The van der Waals surface area contributed by atoms with Crippen LogP contribution in [0, 0.1) is 6.61 Å². The Hall–Kier alpha value is -0.0400. The van der Waals surface area contributed by atoms with Crippen LogP contribution >= 0.6 is 0 Å². The van der Waals surface area contributed by atoms with Crippen molar-refractivity contribution in [3.63, 3.8) is 0 Å². The van der Waals surface area contributed by atoms with Gasteiger partial charge in [0.05, 0.1) is 6.61 Å². The summed E-state index contributed by atoms with van der Waals surface area (Å²) in [5.41, 5.74) is 0. The molecule has 0 unspecified atom stereocenters. The SMILES string of the molecule is C[CH]OCCCCCCCCCCCCCC. The van der Waals surface area contributed by atoms with E-state index in [2.05, 4.69) is 6.92 Å². The maximum atomic E-state index is 5.20. The Morgan fingerprint density at radius 3 is 1.47 bits per heavy atom. The van der Waals surface area contributed by atoms with Crippen LogP contribution in [0.25, 0.3) is 0 Å². The standard InChI is InChI=1S/C16H33O/c1-3-5-6-7-8-9-10-11-12-13-14-15-16-17-4-2/h4H,3,5-16H2,1-2H3. The van der Waals surface area contributed by atoms with E-state index in [9.17, 15) is 0 Å². The first-order valence-electron chi connectivity index (χ1n) is 7.81. The molecule has 0 amide bonds. The van der Waals surface area contributed by atoms with Gasteiger partial charge in [-0.15, -0.1) is 0 Å². The van der Waals surface area contributed by atoms with E-state index >= 15 is 0 Å². The zero-order valence-electron chi connectivity index (χ0n) is 12.2. The molecule has 0 spiro atoms. The molecule has 1 radical (unpaired) electrons. The van der Waals surface area contributed by atoms with E-state index in [1.165, 1.54) is 77.0 Å². The second-order valence-corrected chi connectivity index (χ2v) is 5.00. The fraction of sp³-hybridized carbons (Fsp3) is 0.938. The van der Waals surface area contributed by atoms with Gasteiger partial charge in [0, 0.05) is 6.61 Å². The molecule has 1 nitrogen and oxygen atoms in total. The lowest BCUT2D eigenvalue weighted by Gasteiger charge is -2.03. The molecule has 0 aromatic heterocycles. The smallest absolute Gasteiger partial charge is 0.0805 e. The van der Waals surface area contributed by atoms with E-state index < -0.39 is 0 Å². The average Bonchev–Trinajstić information content (AvgIpc) is 2.35. The third kappa shape index (κ3) is 16.0. The maximum Gasteiger partial charge on any atom is 0.0805 e. The minimum atomic E-state index is 0.911. The van der Waals surface area contributed by atoms with Crippen molar-refractivity contribution < 1.29 is 4.74 Å². The summed E-state index contributed by atoms with van der Waals surface area (Å²) in [6, 6.07) is 0. The Labute approximate surface area is 109 Å². The van der Waals surface area contributed by atoms with Gasteiger partial charge >= 0.3 is 0 Å². The Morgan fingerprint density at radius 1 is 0.647 bits per heavy atom. The number of hydrogen-bond acceptors (Lipinski definition) is 1. The first-order valence-corrected chi connectivity index (χ1v) is 7.81. The molecule has 0 aliphatic carbocycles. The Bertz CT molecular complexity index is 109. The van der Waals surface area contributed by atoms with Gasteiger partial charge in [0.25, 0.3) is 0 Å². The molecule has 0 N–H and O–H groups in total. The predicted molar refractivity (Wildman–Crippen MR) is 77.0 cm³/mol. The van der Waals surface area contributed by atoms with Crippen molar-refractivity contribution in [2.75, 3.05) is 6.61 Å². The Kier molecular flexibility index (Phi) is 15.9. The van der Waals surface area contributed by atoms with Crippen molar-refractivity contribution in [1.29, 1.82) is 0 Å². The lowest BCUT2D eigenvalue weighted by atomic mass is 10.1. The van der Waals surface area contributed by atoms with Crippen LogP contribution < -0.4 is 0 Å². The molecule has 0 saturated carbocycles. The molecule has 0 atom stereocenters. The lowest BCUT2D eigenvalue weighted by molar-refractivity contribution is 0.197. The molecule has 0 saturated heterocycles. The number of ether oxygens (including phenoxy) is 1. The second-order valence-electron chi connectivity index (χ2n) is 5.00. The second kappa shape index (κ2) is 16.0. The van der Waals surface area contributed by atoms with Crippen molar-refractivity contribution in [3.8, 4) is 0 Å². The third-order valence-electron chi connectivity index (χ3n) is 3.28. The van der Waals surface area contributed by atoms with Crippen molar-refractivity contribution in [2.24, 2.45) is 0 Å². The van der Waals surface area contributed by atoms with Gasteiger partial charge in [0.1, 0.15) is 0 Å². The fourth-order valence-electron chi connectivity index (χ4n) is 2.14. The van der Waals surface area contributed by atoms with E-state index in [4.69, 9.17) is 4.74 Å². The van der Waals surface area contributed by atoms with Crippen LogP contribution in [0.3, 0.4) is 0 Å². The van der Waals surface area contributed by atoms with Crippen LogP contribution in [0.2, 0.25) is 0 Å². The molecule has 103 valence electrons. The summed E-state index contributed by atoms with van der Waals surface area (Å²) in [5, 5.41) is 0. The highest BCUT2D eigenvalue weighted by Gasteiger charge is 1.93. The minimum Gasteiger partial charge on any atom is -0.376 e. The molecule has 0 aliphatic heterocycles. The zero-order chi connectivity index (χ0) is 12.6. The van der Waals surface area contributed by atoms with Crippen LogP contribution in [0.15, 0.2) is 0 Å². The van der Waals surface area contributed by atoms with Crippen molar-refractivity contribution in [1.82, 2.24) is 0 Å². The van der Waals surface area contributed by atoms with E-state index in [0.717, 1.165) is 6.61 Å². The van der Waals surface area contributed by atoms with Gasteiger partial charge in [-0.2, -0.15) is 0 Å². The molecule has 0 bridgehead atoms. The van der Waals surface area contributed by atoms with Crippen LogP contribution in [-0.2, 0) is 4.74 Å². The first-order chi connectivity index (χ1) is 8.41. The number of hydrogen-bond donors (Lipinski definition) is 0. The summed E-state index contributed by atoms with van der Waals surface area (Å²) in [6.07, 6.45) is 16.9. The lowest BCUT2D eigenvalue weighted by Crippen LogP contribution is -1.89. The number of unbranched alkanes of at least 4 members (excludes halogenated alkanes) is 11. The van der Waals surface area contributed by atoms with Crippen LogP contribution in [0.4, 0.5) is 0 Å². The van der Waals surface area contributed by atoms with E-state index in [-0.39, 0.29) is 0 Å². The highest BCUT2D eigenvalue weighted by molar-refractivity contribution is 4.48. The largest absolute Gasteiger partial charge is 0.376 e. The third-order valence-corrected chi connectivity index (χ3v) is 3.28. The summed E-state index contributed by atoms with van der Waals surface area (Å²) < 4.78 is 5.20. The predicted octanol–water partition coefficient (Wildman–Crippen LogP) is 5.89. The quantitative estimate of drug-likeness (QED) is 0.345. The summed E-state index contributed by atoms with van der Waals surface area (Å²) in [6.45, 7) is 6.93. The molecule has 0 aromatic rings. The van der Waals surface area contributed by atoms with Crippen molar-refractivity contribution in [3.05, 3.63) is 6.61 Å². The van der Waals surface area contributed by atoms with Crippen LogP contribution in [0.1, 0.15) is 90.9 Å². The molecule has 0 aromatic carbocycles. The monoisotopic (exact) mass is 241 g/mol. The summed E-state index contributed by atoms with van der Waals surface area (Å²) in [5.74, 6) is 0. The molecule has 1 heteroatoms. The molecule has 0 rings (SSSR count). The van der Waals surface area contributed by atoms with E-state index in [1.54, 1.807) is 6.61 Å². The van der Waals surface area contributed by atoms with Gasteiger partial charge in [0.2, 0.25) is 0 Å². The first kappa shape index (κ1) is 17.0. The zero-order valence-corrected chi connectivity index (χ0v) is 12.2. The molecule has 0 fully saturated rings. The van der Waals surface area contributed by atoms with Crippen molar-refractivity contribution in [2.45, 2.75) is 90.9 Å². The highest BCUT2D eigenvalue weighted by atomic mass is 16.5. The molecule has 0 aliphatic rings. The van der Waals surface area contributed by atoms with Gasteiger partial charge in [-0.25, -0.2) is 0 Å². The topological polar surface area (TPSA) is 9.23 Å². The normalized spacial score (nSPS) is 10.9. The van der Waals surface area contributed by atoms with Gasteiger partial charge in [0.15, 0.2) is 0 Å². The average molecular weight is 241 g/mol. The van der Waals surface area contributed by atoms with Gasteiger partial charge in [-0.1, -0.05) is 77.6 Å². The molecular weight excluding hydrogens is 208 g/mol. The van der Waals surface area contributed by atoms with E-state index in [1.807, 2.05) is 6.92 Å². The van der Waals surface area contributed by atoms with Crippen LogP contribution in [0.5, 0.6) is 0 Å². The summed E-state index contributed by atoms with van der Waals surface area (Å²) >= 11 is 0. The van der Waals surface area contributed by atoms with Gasteiger partial charge < -0.3 is 4.74 Å². The molecular formula is C16H33O. The Morgan fingerprint density at radius 2 is 1.06 bits per heavy atom. The van der Waals surface area contributed by atoms with Crippen LogP contribution in [-0.4, -0.2) is 6.61 Å². The molecule has 0 heterocycles. The van der Waals surface area contributed by atoms with Gasteiger partial charge in [-0.3, -0.25) is 0 Å². The molecule has 17 heavy (non-hydrogen) atoms. The summed E-state index contributed by atoms with van der Waals surface area (Å²) in [4.78, 5) is 0. The van der Waals surface area contributed by atoms with Crippen molar-refractivity contribution >= 4 is 0 Å². The maximum absolute atomic E-state index is 5.20. The Balaban J connectivity index is 2.85. The minimum absolute atomic E-state index is 0.911. The highest BCUT2D eigenvalue weighted by Crippen LogP contribution is 2.11. The number of rotatable bonds is 14. The summed E-state index contributed by atoms with van der Waals surface area (Å²) in [7, 11) is 0. The van der Waals surface area contributed by atoms with E-state index in [0.29, 0.717) is 0 Å². The van der Waals surface area contributed by atoms with Gasteiger partial charge in [-0.05, 0) is 13.3 Å².